The quantitative estimate of drug-likeness (QED) is 0.462. The number of nitrogens with one attached hydrogen (secondary N) is 2. The number of hydrazone groups is 1. The molecule has 1 atom stereocenters. The third-order valence-electron chi connectivity index (χ3n) is 1.32. The van der Waals surface area contributed by atoms with E-state index in [2.05, 4.69) is 22.1 Å². The van der Waals surface area contributed by atoms with E-state index in [1.165, 1.54) is 0 Å². The highest BCUT2D eigenvalue weighted by Gasteiger charge is 2.16. The number of hydrazine groups is 1. The fraction of sp³-hybridized carbons (Fsp3) is 0.167. The smallest absolute Gasteiger partial charge is 0.0924 e. The zero-order chi connectivity index (χ0) is 6.10. The van der Waals surface area contributed by atoms with E-state index in [1.807, 2.05) is 18.2 Å². The van der Waals surface area contributed by atoms with E-state index in [1.54, 1.807) is 0 Å². The highest BCUT2D eigenvalue weighted by Crippen LogP contribution is 2.01. The second kappa shape index (κ2) is 1.70. The molecule has 9 heavy (non-hydrogen) atoms. The van der Waals surface area contributed by atoms with Crippen molar-refractivity contribution in [2.24, 2.45) is 5.10 Å². The van der Waals surface area contributed by atoms with Crippen LogP contribution < -0.4 is 11.0 Å². The van der Waals surface area contributed by atoms with Gasteiger partial charge in [-0.2, -0.15) is 5.10 Å². The second-order valence-electron chi connectivity index (χ2n) is 1.93. The van der Waals surface area contributed by atoms with Crippen molar-refractivity contribution < 1.29 is 0 Å². The Labute approximate surface area is 53.1 Å². The fourth-order valence-electron chi connectivity index (χ4n) is 0.861. The lowest BCUT2D eigenvalue weighted by atomic mass is 10.1. The van der Waals surface area contributed by atoms with Crippen molar-refractivity contribution in [3.63, 3.8) is 0 Å². The van der Waals surface area contributed by atoms with Crippen LogP contribution in [0.5, 0.6) is 0 Å². The number of hydrogen-bond acceptors (Lipinski definition) is 3. The van der Waals surface area contributed by atoms with Gasteiger partial charge in [0.1, 0.15) is 0 Å². The molecule has 1 unspecified atom stereocenters. The molecule has 1 heterocycles. The maximum atomic E-state index is 3.92. The molecule has 0 saturated carbocycles. The van der Waals surface area contributed by atoms with Crippen molar-refractivity contribution >= 4 is 5.71 Å². The highest BCUT2D eigenvalue weighted by atomic mass is 15.6. The van der Waals surface area contributed by atoms with Crippen LogP contribution in [0.25, 0.3) is 0 Å². The lowest BCUT2D eigenvalue weighted by Crippen LogP contribution is -2.33. The lowest BCUT2D eigenvalue weighted by Gasteiger charge is -2.04. The topological polar surface area (TPSA) is 36.4 Å². The van der Waals surface area contributed by atoms with Crippen LogP contribution >= 0.6 is 0 Å². The first-order chi connectivity index (χ1) is 4.47. The maximum Gasteiger partial charge on any atom is 0.0924 e. The summed E-state index contributed by atoms with van der Waals surface area (Å²) >= 11 is 0. The summed E-state index contributed by atoms with van der Waals surface area (Å²) in [6, 6.07) is 0.231. The van der Waals surface area contributed by atoms with Crippen LogP contribution in [0.1, 0.15) is 0 Å². The van der Waals surface area contributed by atoms with Gasteiger partial charge in [0, 0.05) is 6.08 Å². The normalized spacial score (nSPS) is 29.3. The molecule has 0 bridgehead atoms. The van der Waals surface area contributed by atoms with Gasteiger partial charge in [0.05, 0.1) is 11.8 Å². The van der Waals surface area contributed by atoms with E-state index in [-0.39, 0.29) is 6.04 Å². The largest absolute Gasteiger partial charge is 0.242 e. The van der Waals surface area contributed by atoms with Crippen molar-refractivity contribution in [2.75, 3.05) is 0 Å². The van der Waals surface area contributed by atoms with Crippen molar-refractivity contribution in [1.29, 1.82) is 0 Å². The van der Waals surface area contributed by atoms with Gasteiger partial charge in [-0.15, -0.1) is 0 Å². The minimum Gasteiger partial charge on any atom is -0.242 e. The highest BCUT2D eigenvalue weighted by molar-refractivity contribution is 5.99. The van der Waals surface area contributed by atoms with Gasteiger partial charge in [-0.25, -0.2) is 11.0 Å². The summed E-state index contributed by atoms with van der Waals surface area (Å²) in [5, 5.41) is 3.92. The van der Waals surface area contributed by atoms with Crippen LogP contribution in [0.2, 0.25) is 0 Å². The number of fused-ring (bicyclic) bond motifs is 1. The summed E-state index contributed by atoms with van der Waals surface area (Å²) < 4.78 is 0. The van der Waals surface area contributed by atoms with Gasteiger partial charge in [0.15, 0.2) is 0 Å². The second-order valence-corrected chi connectivity index (χ2v) is 1.93. The van der Waals surface area contributed by atoms with Crippen LogP contribution in [0.15, 0.2) is 23.3 Å². The van der Waals surface area contributed by atoms with Crippen molar-refractivity contribution in [3.8, 4) is 0 Å². The maximum absolute atomic E-state index is 3.92. The molecule has 0 aromatic carbocycles. The first-order valence-electron chi connectivity index (χ1n) is 2.81. The third kappa shape index (κ3) is 0.658. The van der Waals surface area contributed by atoms with Crippen molar-refractivity contribution in [2.45, 2.75) is 6.04 Å². The standard InChI is InChI=1S/C6H6N3/c1-2-4-6-5(3-1)7-9-8-6/h1-3,5,7,9H. The average Bonchev–Trinajstić information content (AvgIpc) is 2.33. The lowest BCUT2D eigenvalue weighted by molar-refractivity contribution is 0.608. The zero-order valence-electron chi connectivity index (χ0n) is 4.76. The Hall–Kier alpha value is -1.09. The van der Waals surface area contributed by atoms with Gasteiger partial charge in [0.25, 0.3) is 0 Å². The first kappa shape index (κ1) is 4.76. The minimum absolute atomic E-state index is 0.231. The molecule has 1 aliphatic heterocycles. The molecule has 0 aromatic heterocycles. The summed E-state index contributed by atoms with van der Waals surface area (Å²) in [4.78, 5) is 0. The van der Waals surface area contributed by atoms with E-state index >= 15 is 0 Å². The Morgan fingerprint density at radius 2 is 2.67 bits per heavy atom. The molecule has 0 spiro atoms. The number of rotatable bonds is 0. The summed E-state index contributed by atoms with van der Waals surface area (Å²) in [5.74, 6) is 0. The first-order valence-corrected chi connectivity index (χ1v) is 2.81. The van der Waals surface area contributed by atoms with Gasteiger partial charge in [-0.3, -0.25) is 0 Å². The van der Waals surface area contributed by atoms with Gasteiger partial charge in [0.2, 0.25) is 0 Å². The molecule has 0 amide bonds. The number of hydrogen-bond donors (Lipinski definition) is 2. The van der Waals surface area contributed by atoms with Gasteiger partial charge >= 0.3 is 0 Å². The van der Waals surface area contributed by atoms with Crippen LogP contribution in [-0.2, 0) is 0 Å². The molecule has 0 aromatic rings. The van der Waals surface area contributed by atoms with E-state index in [0.29, 0.717) is 0 Å². The van der Waals surface area contributed by atoms with E-state index < -0.39 is 0 Å². The SMILES string of the molecule is [C]1=CC=CC2NNN=C12. The van der Waals surface area contributed by atoms with Gasteiger partial charge < -0.3 is 0 Å². The molecule has 45 valence electrons. The summed E-state index contributed by atoms with van der Waals surface area (Å²) in [7, 11) is 0. The Kier molecular flexibility index (Phi) is 0.899. The molecule has 1 aliphatic carbocycles. The predicted molar refractivity (Wildman–Crippen MR) is 34.4 cm³/mol. The molecule has 2 aliphatic rings. The van der Waals surface area contributed by atoms with Gasteiger partial charge in [-0.05, 0) is 0 Å². The molecule has 3 heteroatoms. The minimum atomic E-state index is 0.231. The Balaban J connectivity index is 2.33. The van der Waals surface area contributed by atoms with Crippen molar-refractivity contribution in [3.05, 3.63) is 24.3 Å². The average molecular weight is 120 g/mol. The molecule has 2 rings (SSSR count). The fourth-order valence-corrected chi connectivity index (χ4v) is 0.861. The molecule has 1 radical (unpaired) electrons. The molecule has 0 fully saturated rings. The molecule has 3 nitrogen and oxygen atoms in total. The molecule has 2 N–H and O–H groups in total. The Bertz CT molecular complexity index is 200. The molecule has 0 saturated heterocycles. The number of nitrogens with zero attached hydrogens (tertiary/aromatic N) is 1. The summed E-state index contributed by atoms with van der Waals surface area (Å²) in [6.07, 6.45) is 8.82. The van der Waals surface area contributed by atoms with Crippen LogP contribution in [0.3, 0.4) is 0 Å². The predicted octanol–water partition coefficient (Wildman–Crippen LogP) is -0.252. The van der Waals surface area contributed by atoms with Crippen LogP contribution in [0.4, 0.5) is 0 Å². The Morgan fingerprint density at radius 1 is 1.67 bits per heavy atom. The van der Waals surface area contributed by atoms with E-state index in [0.717, 1.165) is 5.71 Å². The van der Waals surface area contributed by atoms with Crippen LogP contribution in [-0.4, -0.2) is 11.8 Å². The summed E-state index contributed by atoms with van der Waals surface area (Å²) in [5.41, 5.74) is 6.53. The summed E-state index contributed by atoms with van der Waals surface area (Å²) in [6.45, 7) is 0. The molecular weight excluding hydrogens is 114 g/mol. The third-order valence-corrected chi connectivity index (χ3v) is 1.32. The Morgan fingerprint density at radius 3 is 3.56 bits per heavy atom. The van der Waals surface area contributed by atoms with Gasteiger partial charge in [-0.1, -0.05) is 18.2 Å². The van der Waals surface area contributed by atoms with E-state index in [4.69, 9.17) is 0 Å². The molecular formula is C6H6N3. The van der Waals surface area contributed by atoms with Crippen molar-refractivity contribution in [1.82, 2.24) is 11.0 Å². The monoisotopic (exact) mass is 120 g/mol. The number of allylic oxidation sites excluding steroid dienone is 2. The van der Waals surface area contributed by atoms with Crippen LogP contribution in [0, 0.1) is 6.08 Å². The van der Waals surface area contributed by atoms with E-state index in [9.17, 15) is 0 Å². The zero-order valence-corrected chi connectivity index (χ0v) is 4.76.